The molecule has 20 heteroatoms. The van der Waals surface area contributed by atoms with Crippen molar-refractivity contribution in [3.05, 3.63) is 103 Å². The molecule has 2 saturated heterocycles. The predicted octanol–water partition coefficient (Wildman–Crippen LogP) is 6.39. The minimum absolute atomic E-state index is 0.0153. The van der Waals surface area contributed by atoms with Gasteiger partial charge in [-0.05, 0) is 114 Å². The van der Waals surface area contributed by atoms with Crippen molar-refractivity contribution in [2.45, 2.75) is 117 Å². The maximum absolute atomic E-state index is 14.4. The fourth-order valence-corrected chi connectivity index (χ4v) is 9.71. The number of nitrogens with zero attached hydrogens (tertiary/aromatic N) is 7. The van der Waals surface area contributed by atoms with E-state index in [1.54, 1.807) is 64.2 Å². The van der Waals surface area contributed by atoms with E-state index >= 15 is 0 Å². The first kappa shape index (κ1) is 49.3. The Hall–Kier alpha value is -5.59. The second-order valence-corrected chi connectivity index (χ2v) is 19.7. The lowest BCUT2D eigenvalue weighted by Crippen LogP contribution is -2.43. The van der Waals surface area contributed by atoms with Gasteiger partial charge in [0.25, 0.3) is 0 Å². The molecule has 4 atom stereocenters. The van der Waals surface area contributed by atoms with Crippen LogP contribution >= 0.6 is 23.2 Å². The van der Waals surface area contributed by atoms with Crippen molar-refractivity contribution < 1.29 is 47.7 Å². The third-order valence-electron chi connectivity index (χ3n) is 12.8. The number of carboxylic acids is 2. The van der Waals surface area contributed by atoms with Crippen molar-refractivity contribution >= 4 is 53.0 Å². The van der Waals surface area contributed by atoms with Crippen LogP contribution in [0.15, 0.2) is 36.4 Å². The van der Waals surface area contributed by atoms with Gasteiger partial charge in [0.2, 0.25) is 11.8 Å². The average Bonchev–Trinajstić information content (AvgIpc) is 4.05. The number of benzene rings is 2. The van der Waals surface area contributed by atoms with Gasteiger partial charge < -0.3 is 30.1 Å². The monoisotopic (exact) mass is 968 g/mol. The summed E-state index contributed by atoms with van der Waals surface area (Å²) in [5, 5.41) is 31.5. The van der Waals surface area contributed by atoms with Crippen LogP contribution in [0.4, 0.5) is 13.6 Å². The van der Waals surface area contributed by atoms with Crippen LogP contribution in [-0.2, 0) is 62.9 Å². The standard InChI is InChI=1S/C26H32ClFN4O5.C21H24ClFN4O3/c1-15-19-7-8-30(14-22(19)32(29-15)13-17-5-6-18(27)11-20(17)28)23(33)10-16-9-21(24(34)35)31(12-16)25(36)37-26(2,3)4;1-12-16-4-5-26(20(28)7-13-6-18(21(29)30)24-9-13)11-19(16)27(25-12)10-14-2-3-15(22)8-17(14)23/h5-6,11,16,21H,7-10,12-14H2,1-4H3,(H,34,35);2-3,8,13,18,24H,4-7,9-11H2,1H3,(H,29,30)/t16?,21-;13?,18-/m00/s1. The fourth-order valence-electron chi connectivity index (χ4n) is 9.39. The maximum atomic E-state index is 14.4. The zero-order valence-electron chi connectivity index (χ0n) is 38.2. The Kier molecular flexibility index (Phi) is 15.0. The molecule has 0 saturated carbocycles. The van der Waals surface area contributed by atoms with E-state index in [1.165, 1.54) is 17.0 Å². The average molecular weight is 970 g/mol. The van der Waals surface area contributed by atoms with Gasteiger partial charge in [-0.2, -0.15) is 10.2 Å². The lowest BCUT2D eigenvalue weighted by atomic mass is 9.99. The smallest absolute Gasteiger partial charge is 0.411 e. The second-order valence-electron chi connectivity index (χ2n) is 18.8. The molecule has 3 N–H and O–H groups in total. The molecule has 2 fully saturated rings. The molecule has 6 heterocycles. The first-order chi connectivity index (χ1) is 31.6. The number of rotatable bonds is 10. The van der Waals surface area contributed by atoms with Crippen LogP contribution in [-0.4, -0.2) is 118 Å². The molecule has 0 aliphatic carbocycles. The number of aryl methyl sites for hydroxylation is 2. The molecule has 4 aliphatic heterocycles. The Morgan fingerprint density at radius 3 is 1.69 bits per heavy atom. The van der Waals surface area contributed by atoms with Gasteiger partial charge in [0.15, 0.2) is 0 Å². The highest BCUT2D eigenvalue weighted by atomic mass is 35.5. The third kappa shape index (κ3) is 11.8. The molecule has 0 radical (unpaired) electrons. The van der Waals surface area contributed by atoms with Crippen LogP contribution < -0.4 is 5.32 Å². The summed E-state index contributed by atoms with van der Waals surface area (Å²) >= 11 is 11.7. The summed E-state index contributed by atoms with van der Waals surface area (Å²) < 4.78 is 37.5. The summed E-state index contributed by atoms with van der Waals surface area (Å²) in [6, 6.07) is 7.51. The number of nitrogens with one attached hydrogen (secondary N) is 1. The van der Waals surface area contributed by atoms with Crippen LogP contribution in [0.5, 0.6) is 0 Å². The number of likely N-dealkylation sites (tertiary alicyclic amines) is 1. The zero-order chi connectivity index (χ0) is 48.5. The molecule has 16 nitrogen and oxygen atoms in total. The van der Waals surface area contributed by atoms with E-state index in [-0.39, 0.29) is 61.9 Å². The molecule has 4 aliphatic rings. The number of carboxylic acid groups (broad SMARTS) is 2. The lowest BCUT2D eigenvalue weighted by Gasteiger charge is -2.29. The summed E-state index contributed by atoms with van der Waals surface area (Å²) in [5.41, 5.74) is 5.89. The van der Waals surface area contributed by atoms with Crippen LogP contribution in [0.1, 0.15) is 91.5 Å². The van der Waals surface area contributed by atoms with Crippen molar-refractivity contribution in [2.24, 2.45) is 11.8 Å². The summed E-state index contributed by atoms with van der Waals surface area (Å²) in [5.74, 6) is -3.15. The minimum Gasteiger partial charge on any atom is -0.480 e. The van der Waals surface area contributed by atoms with Gasteiger partial charge in [0.1, 0.15) is 29.3 Å². The molecule has 2 aromatic heterocycles. The first-order valence-electron chi connectivity index (χ1n) is 22.4. The van der Waals surface area contributed by atoms with E-state index in [0.29, 0.717) is 79.6 Å². The predicted molar refractivity (Wildman–Crippen MR) is 242 cm³/mol. The molecule has 4 aromatic rings. The highest BCUT2D eigenvalue weighted by Gasteiger charge is 2.43. The van der Waals surface area contributed by atoms with E-state index in [1.807, 2.05) is 13.8 Å². The number of aliphatic carboxylic acids is 2. The number of hydrogen-bond acceptors (Lipinski definition) is 9. The third-order valence-corrected chi connectivity index (χ3v) is 13.3. The van der Waals surface area contributed by atoms with Gasteiger partial charge in [-0.1, -0.05) is 35.3 Å². The van der Waals surface area contributed by atoms with Gasteiger partial charge in [-0.25, -0.2) is 18.4 Å². The van der Waals surface area contributed by atoms with Crippen molar-refractivity contribution in [1.82, 2.24) is 39.6 Å². The Balaban J connectivity index is 0.000000203. The Morgan fingerprint density at radius 2 is 1.25 bits per heavy atom. The van der Waals surface area contributed by atoms with E-state index in [0.717, 1.165) is 33.9 Å². The quantitative estimate of drug-likeness (QED) is 0.160. The van der Waals surface area contributed by atoms with E-state index in [4.69, 9.17) is 33.0 Å². The molecule has 8 rings (SSSR count). The number of carbonyl (C=O) groups is 5. The van der Waals surface area contributed by atoms with Gasteiger partial charge in [0, 0.05) is 53.6 Å². The highest BCUT2D eigenvalue weighted by molar-refractivity contribution is 6.30. The number of aromatic nitrogens is 4. The van der Waals surface area contributed by atoms with Gasteiger partial charge in [-0.3, -0.25) is 28.6 Å². The zero-order valence-corrected chi connectivity index (χ0v) is 39.7. The van der Waals surface area contributed by atoms with E-state index in [9.17, 15) is 37.9 Å². The largest absolute Gasteiger partial charge is 0.480 e. The van der Waals surface area contributed by atoms with Crippen molar-refractivity contribution in [1.29, 1.82) is 0 Å². The number of ether oxygens (including phenoxy) is 1. The normalized spacial score (nSPS) is 20.2. The summed E-state index contributed by atoms with van der Waals surface area (Å²) in [6.07, 6.45) is 1.74. The van der Waals surface area contributed by atoms with Gasteiger partial charge in [0.05, 0.1) is 49.0 Å². The SMILES string of the molecule is Cc1nn(Cc2ccc(Cl)cc2F)c2c1CCN(C(=O)CC1CN[C@H](C(=O)O)C1)C2.Cc1nn(Cc2ccc(Cl)cc2F)c2c1CCN(C(=O)CC1C[C@@H](C(=O)O)N(C(=O)OC(C)(C)C)C1)C2. The summed E-state index contributed by atoms with van der Waals surface area (Å²) in [7, 11) is 0. The molecule has 67 heavy (non-hydrogen) atoms. The van der Waals surface area contributed by atoms with Crippen LogP contribution in [0.3, 0.4) is 0 Å². The van der Waals surface area contributed by atoms with Crippen LogP contribution in [0, 0.1) is 37.3 Å². The van der Waals surface area contributed by atoms with E-state index in [2.05, 4.69) is 15.5 Å². The minimum atomic E-state index is -1.11. The Labute approximate surface area is 397 Å². The summed E-state index contributed by atoms with van der Waals surface area (Å²) in [6.45, 7) is 12.0. The van der Waals surface area contributed by atoms with E-state index < -0.39 is 41.5 Å². The topological polar surface area (TPSA) is 192 Å². The Bertz CT molecular complexity index is 2560. The second kappa shape index (κ2) is 20.3. The fraction of sp³-hybridized carbons (Fsp3) is 0.511. The number of hydrogen-bond donors (Lipinski definition) is 3. The van der Waals surface area contributed by atoms with Crippen LogP contribution in [0.25, 0.3) is 0 Å². The van der Waals surface area contributed by atoms with Gasteiger partial charge >= 0.3 is 18.0 Å². The number of amides is 3. The molecule has 3 amide bonds. The first-order valence-corrected chi connectivity index (χ1v) is 23.1. The number of carbonyl (C=O) groups excluding carboxylic acids is 3. The molecule has 2 unspecified atom stereocenters. The lowest BCUT2D eigenvalue weighted by molar-refractivity contribution is -0.142. The van der Waals surface area contributed by atoms with Crippen molar-refractivity contribution in [2.75, 3.05) is 26.2 Å². The molecule has 0 spiro atoms. The Morgan fingerprint density at radius 1 is 0.761 bits per heavy atom. The maximum Gasteiger partial charge on any atom is 0.411 e. The van der Waals surface area contributed by atoms with Crippen molar-refractivity contribution in [3.63, 3.8) is 0 Å². The molecular formula is C47H56Cl2F2N8O8. The molecule has 2 aromatic carbocycles. The molecule has 360 valence electrons. The van der Waals surface area contributed by atoms with Gasteiger partial charge in [-0.15, -0.1) is 0 Å². The molecule has 0 bridgehead atoms. The van der Waals surface area contributed by atoms with Crippen molar-refractivity contribution in [3.8, 4) is 0 Å². The van der Waals surface area contributed by atoms with Crippen LogP contribution in [0.2, 0.25) is 10.0 Å². The summed E-state index contributed by atoms with van der Waals surface area (Å²) in [4.78, 5) is 66.3. The highest BCUT2D eigenvalue weighted by Crippen LogP contribution is 2.31. The number of fused-ring (bicyclic) bond motifs is 2. The number of halogens is 4. The molecular weight excluding hydrogens is 913 g/mol.